The summed E-state index contributed by atoms with van der Waals surface area (Å²) in [6.45, 7) is 5.56. The molecular weight excluding hydrogens is 434 g/mol. The summed E-state index contributed by atoms with van der Waals surface area (Å²) >= 11 is 1.21. The summed E-state index contributed by atoms with van der Waals surface area (Å²) < 4.78 is 32.7. The first-order chi connectivity index (χ1) is 15.0. The minimum absolute atomic E-state index is 0.0801. The van der Waals surface area contributed by atoms with Gasteiger partial charge in [-0.15, -0.1) is 11.3 Å². The Kier molecular flexibility index (Phi) is 7.39. The van der Waals surface area contributed by atoms with Gasteiger partial charge in [0.2, 0.25) is 5.91 Å². The molecule has 2 saturated heterocycles. The summed E-state index contributed by atoms with van der Waals surface area (Å²) in [5.41, 5.74) is 2.29. The Morgan fingerprint density at radius 2 is 1.84 bits per heavy atom. The van der Waals surface area contributed by atoms with E-state index in [2.05, 4.69) is 22.3 Å². The van der Waals surface area contributed by atoms with Gasteiger partial charge in [-0.05, 0) is 35.4 Å². The molecule has 9 heteroatoms. The molecule has 2 fully saturated rings. The Hall–Kier alpha value is -1.78. The molecular formula is C22H29N3O4S2. The Morgan fingerprint density at radius 1 is 1.10 bits per heavy atom. The van der Waals surface area contributed by atoms with Gasteiger partial charge in [-0.25, -0.2) is 8.42 Å². The van der Waals surface area contributed by atoms with E-state index < -0.39 is 10.0 Å². The molecule has 1 amide bonds. The topological polar surface area (TPSA) is 79.0 Å². The van der Waals surface area contributed by atoms with Crippen LogP contribution in [0.15, 0.2) is 46.0 Å². The average molecular weight is 464 g/mol. The molecule has 168 valence electrons. The summed E-state index contributed by atoms with van der Waals surface area (Å²) in [6.07, 6.45) is 1.40. The van der Waals surface area contributed by atoms with Crippen molar-refractivity contribution in [3.05, 3.63) is 52.9 Å². The lowest BCUT2D eigenvalue weighted by Gasteiger charge is -2.30. The van der Waals surface area contributed by atoms with E-state index in [1.807, 2.05) is 12.1 Å². The van der Waals surface area contributed by atoms with Crippen LogP contribution in [0, 0.1) is 5.92 Å². The number of hydrogen-bond donors (Lipinski definition) is 1. The molecule has 1 aromatic carbocycles. The number of carbonyl (C=O) groups is 1. The molecule has 0 unspecified atom stereocenters. The van der Waals surface area contributed by atoms with Crippen molar-refractivity contribution in [2.45, 2.75) is 30.1 Å². The lowest BCUT2D eigenvalue weighted by Crippen LogP contribution is -2.45. The predicted molar refractivity (Wildman–Crippen MR) is 120 cm³/mol. The first kappa shape index (κ1) is 22.4. The number of amides is 1. The van der Waals surface area contributed by atoms with Crippen molar-refractivity contribution in [1.82, 2.24) is 14.5 Å². The second-order valence-electron chi connectivity index (χ2n) is 8.06. The predicted octanol–water partition coefficient (Wildman–Crippen LogP) is 2.30. The van der Waals surface area contributed by atoms with Gasteiger partial charge in [0, 0.05) is 39.3 Å². The number of morpholine rings is 1. The van der Waals surface area contributed by atoms with E-state index in [4.69, 9.17) is 4.74 Å². The highest BCUT2D eigenvalue weighted by Gasteiger charge is 2.33. The van der Waals surface area contributed by atoms with Gasteiger partial charge in [0.05, 0.1) is 19.1 Å². The van der Waals surface area contributed by atoms with Crippen LogP contribution < -0.4 is 5.32 Å². The second kappa shape index (κ2) is 10.2. The molecule has 0 saturated carbocycles. The summed E-state index contributed by atoms with van der Waals surface area (Å²) in [5, 5.41) is 4.75. The first-order valence-corrected chi connectivity index (χ1v) is 13.0. The van der Waals surface area contributed by atoms with Gasteiger partial charge in [-0.2, -0.15) is 4.31 Å². The van der Waals surface area contributed by atoms with Crippen molar-refractivity contribution in [1.29, 1.82) is 0 Å². The molecule has 4 rings (SSSR count). The van der Waals surface area contributed by atoms with E-state index in [9.17, 15) is 13.2 Å². The summed E-state index contributed by atoms with van der Waals surface area (Å²) in [7, 11) is -3.51. The number of carbonyl (C=O) groups excluding carboxylic acids is 1. The van der Waals surface area contributed by atoms with Crippen LogP contribution in [0.4, 0.5) is 0 Å². The fraction of sp³-hybridized carbons (Fsp3) is 0.500. The number of thiophene rings is 1. The highest BCUT2D eigenvalue weighted by Crippen LogP contribution is 2.26. The van der Waals surface area contributed by atoms with Crippen molar-refractivity contribution in [2.24, 2.45) is 5.92 Å². The van der Waals surface area contributed by atoms with Crippen LogP contribution in [-0.4, -0.2) is 62.9 Å². The molecule has 0 bridgehead atoms. The highest BCUT2D eigenvalue weighted by atomic mass is 32.2. The molecule has 0 aliphatic carbocycles. The number of nitrogens with zero attached hydrogens (tertiary/aromatic N) is 2. The lowest BCUT2D eigenvalue weighted by molar-refractivity contribution is -0.126. The number of hydrogen-bond acceptors (Lipinski definition) is 6. The lowest BCUT2D eigenvalue weighted by atomic mass is 9.98. The molecule has 0 spiro atoms. The smallest absolute Gasteiger partial charge is 0.252 e. The zero-order valence-electron chi connectivity index (χ0n) is 17.5. The Labute approximate surface area is 188 Å². The van der Waals surface area contributed by atoms with Gasteiger partial charge in [0.15, 0.2) is 0 Å². The van der Waals surface area contributed by atoms with Crippen LogP contribution in [0.25, 0.3) is 0 Å². The van der Waals surface area contributed by atoms with Crippen molar-refractivity contribution >= 4 is 27.3 Å². The maximum Gasteiger partial charge on any atom is 0.252 e. The largest absolute Gasteiger partial charge is 0.379 e. The maximum absolute atomic E-state index is 12.8. The molecule has 1 aromatic heterocycles. The number of sulfonamides is 1. The van der Waals surface area contributed by atoms with E-state index in [0.29, 0.717) is 30.1 Å². The van der Waals surface area contributed by atoms with Crippen LogP contribution in [0.5, 0.6) is 0 Å². The molecule has 3 heterocycles. The van der Waals surface area contributed by atoms with Gasteiger partial charge in [-0.3, -0.25) is 9.69 Å². The Bertz CT molecular complexity index is 955. The van der Waals surface area contributed by atoms with Crippen molar-refractivity contribution in [3.8, 4) is 0 Å². The average Bonchev–Trinajstić information content (AvgIpc) is 3.35. The van der Waals surface area contributed by atoms with Gasteiger partial charge < -0.3 is 10.1 Å². The van der Waals surface area contributed by atoms with Crippen LogP contribution in [0.2, 0.25) is 0 Å². The summed E-state index contributed by atoms with van der Waals surface area (Å²) in [4.78, 5) is 15.1. The van der Waals surface area contributed by atoms with Gasteiger partial charge in [-0.1, -0.05) is 30.3 Å². The zero-order chi connectivity index (χ0) is 21.7. The zero-order valence-corrected chi connectivity index (χ0v) is 19.2. The standard InChI is InChI=1S/C22H29N3O4S2/c26-22(20-3-1-9-25(17-20)31(27,28)21-4-2-14-30-21)23-15-18-5-7-19(8-6-18)16-24-10-12-29-13-11-24/h2,4-8,14,20H,1,3,9-13,15-17H2,(H,23,26)/t20-/m1/s1. The third kappa shape index (κ3) is 5.72. The summed E-state index contributed by atoms with van der Waals surface area (Å²) in [5.74, 6) is -0.396. The SMILES string of the molecule is O=C(NCc1ccc(CN2CCOCC2)cc1)[C@@H]1CCCN(S(=O)(=O)c2cccs2)C1. The molecule has 1 N–H and O–H groups in total. The molecule has 2 aliphatic heterocycles. The Balaban J connectivity index is 1.28. The van der Waals surface area contributed by atoms with Crippen LogP contribution in [-0.2, 0) is 32.6 Å². The molecule has 7 nitrogen and oxygen atoms in total. The third-order valence-electron chi connectivity index (χ3n) is 5.84. The normalized spacial score (nSPS) is 21.1. The minimum atomic E-state index is -3.51. The van der Waals surface area contributed by atoms with Crippen molar-refractivity contribution < 1.29 is 17.9 Å². The first-order valence-electron chi connectivity index (χ1n) is 10.7. The molecule has 1 atom stereocenters. The number of piperidine rings is 1. The van der Waals surface area contributed by atoms with Gasteiger partial charge >= 0.3 is 0 Å². The quantitative estimate of drug-likeness (QED) is 0.682. The molecule has 31 heavy (non-hydrogen) atoms. The van der Waals surface area contributed by atoms with Gasteiger partial charge in [0.1, 0.15) is 4.21 Å². The molecule has 0 radical (unpaired) electrons. The minimum Gasteiger partial charge on any atom is -0.379 e. The van der Waals surface area contributed by atoms with Crippen LogP contribution >= 0.6 is 11.3 Å². The monoisotopic (exact) mass is 463 g/mol. The number of ether oxygens (including phenoxy) is 1. The number of benzene rings is 1. The van der Waals surface area contributed by atoms with Crippen molar-refractivity contribution in [2.75, 3.05) is 39.4 Å². The van der Waals surface area contributed by atoms with E-state index in [-0.39, 0.29) is 18.4 Å². The molecule has 2 aliphatic rings. The van der Waals surface area contributed by atoms with Crippen LogP contribution in [0.1, 0.15) is 24.0 Å². The fourth-order valence-electron chi connectivity index (χ4n) is 4.03. The molecule has 2 aromatic rings. The highest BCUT2D eigenvalue weighted by molar-refractivity contribution is 7.91. The number of nitrogens with one attached hydrogen (secondary N) is 1. The van der Waals surface area contributed by atoms with E-state index in [1.54, 1.807) is 17.5 Å². The maximum atomic E-state index is 12.8. The fourth-order valence-corrected chi connectivity index (χ4v) is 6.69. The van der Waals surface area contributed by atoms with E-state index in [0.717, 1.165) is 38.4 Å². The van der Waals surface area contributed by atoms with Crippen LogP contribution in [0.3, 0.4) is 0 Å². The van der Waals surface area contributed by atoms with E-state index in [1.165, 1.54) is 21.2 Å². The summed E-state index contributed by atoms with van der Waals surface area (Å²) in [6, 6.07) is 11.7. The number of rotatable bonds is 7. The Morgan fingerprint density at radius 3 is 2.55 bits per heavy atom. The second-order valence-corrected chi connectivity index (χ2v) is 11.2. The van der Waals surface area contributed by atoms with Crippen molar-refractivity contribution in [3.63, 3.8) is 0 Å². The van der Waals surface area contributed by atoms with Gasteiger partial charge in [0.25, 0.3) is 10.0 Å². The third-order valence-corrected chi connectivity index (χ3v) is 9.08. The van der Waals surface area contributed by atoms with E-state index >= 15 is 0 Å².